The minimum Gasteiger partial charge on any atom is -0.378 e. The number of ether oxygens (including phenoxy) is 1. The van der Waals surface area contributed by atoms with E-state index in [1.807, 2.05) is 11.8 Å². The SMILES string of the molecule is CCCN(C(=O)CCn1cncn1)[C@H]1C[C@H](OCC)C1(C)C. The highest BCUT2D eigenvalue weighted by molar-refractivity contribution is 5.76. The van der Waals surface area contributed by atoms with Crippen molar-refractivity contribution in [3.05, 3.63) is 12.7 Å². The van der Waals surface area contributed by atoms with E-state index in [4.69, 9.17) is 4.74 Å². The summed E-state index contributed by atoms with van der Waals surface area (Å²) in [5.41, 5.74) is 0.0219. The molecule has 2 atom stereocenters. The molecule has 0 N–H and O–H groups in total. The van der Waals surface area contributed by atoms with Gasteiger partial charge in [0.2, 0.25) is 5.91 Å². The van der Waals surface area contributed by atoms with Gasteiger partial charge in [-0.3, -0.25) is 9.48 Å². The molecule has 22 heavy (non-hydrogen) atoms. The standard InChI is InChI=1S/C16H28N4O2/c1-5-8-20(13-10-14(22-6-2)16(13,3)4)15(21)7-9-19-12-17-11-18-19/h11-14H,5-10H2,1-4H3/t13-,14-/m0/s1. The Bertz CT molecular complexity index is 473. The van der Waals surface area contributed by atoms with Crippen molar-refractivity contribution >= 4 is 5.91 Å². The van der Waals surface area contributed by atoms with Gasteiger partial charge in [0.25, 0.3) is 0 Å². The Labute approximate surface area is 132 Å². The van der Waals surface area contributed by atoms with Crippen molar-refractivity contribution < 1.29 is 9.53 Å². The molecule has 0 saturated heterocycles. The fourth-order valence-electron chi connectivity index (χ4n) is 3.27. The zero-order valence-corrected chi connectivity index (χ0v) is 14.2. The largest absolute Gasteiger partial charge is 0.378 e. The smallest absolute Gasteiger partial charge is 0.224 e. The molecule has 0 unspecified atom stereocenters. The molecule has 1 fully saturated rings. The first kappa shape index (κ1) is 16.9. The first-order valence-corrected chi connectivity index (χ1v) is 8.24. The molecule has 1 aliphatic carbocycles. The Hall–Kier alpha value is -1.43. The molecule has 0 spiro atoms. The summed E-state index contributed by atoms with van der Waals surface area (Å²) in [6, 6.07) is 0.271. The van der Waals surface area contributed by atoms with Gasteiger partial charge in [-0.2, -0.15) is 5.10 Å². The molecule has 1 heterocycles. The zero-order valence-electron chi connectivity index (χ0n) is 14.2. The van der Waals surface area contributed by atoms with Gasteiger partial charge in [-0.15, -0.1) is 0 Å². The number of rotatable bonds is 8. The van der Waals surface area contributed by atoms with Crippen LogP contribution in [0.3, 0.4) is 0 Å². The molecule has 0 aromatic carbocycles. The van der Waals surface area contributed by atoms with Crippen LogP contribution >= 0.6 is 0 Å². The van der Waals surface area contributed by atoms with E-state index < -0.39 is 0 Å². The van der Waals surface area contributed by atoms with Gasteiger partial charge in [-0.05, 0) is 19.8 Å². The number of nitrogens with zero attached hydrogens (tertiary/aromatic N) is 4. The van der Waals surface area contributed by atoms with Crippen molar-refractivity contribution in [2.45, 2.75) is 65.6 Å². The maximum atomic E-state index is 12.6. The number of hydrogen-bond acceptors (Lipinski definition) is 4. The number of carbonyl (C=O) groups is 1. The van der Waals surface area contributed by atoms with Crippen molar-refractivity contribution in [2.24, 2.45) is 5.41 Å². The van der Waals surface area contributed by atoms with Crippen LogP contribution in [0.5, 0.6) is 0 Å². The number of aryl methyl sites for hydroxylation is 1. The number of aromatic nitrogens is 3. The van der Waals surface area contributed by atoms with Crippen molar-refractivity contribution in [1.82, 2.24) is 19.7 Å². The Balaban J connectivity index is 1.96. The molecule has 1 saturated carbocycles. The lowest BCUT2D eigenvalue weighted by molar-refractivity contribution is -0.167. The summed E-state index contributed by atoms with van der Waals surface area (Å²) in [4.78, 5) is 18.6. The maximum absolute atomic E-state index is 12.6. The van der Waals surface area contributed by atoms with E-state index in [9.17, 15) is 4.79 Å². The molecule has 2 rings (SSSR count). The van der Waals surface area contributed by atoms with E-state index in [1.165, 1.54) is 6.33 Å². The number of amides is 1. The van der Waals surface area contributed by atoms with Crippen LogP contribution < -0.4 is 0 Å². The first-order chi connectivity index (χ1) is 10.5. The second-order valence-corrected chi connectivity index (χ2v) is 6.51. The van der Waals surface area contributed by atoms with E-state index in [-0.39, 0.29) is 23.5 Å². The first-order valence-electron chi connectivity index (χ1n) is 8.24. The fraction of sp³-hybridized carbons (Fsp3) is 0.812. The maximum Gasteiger partial charge on any atom is 0.224 e. The molecule has 0 bridgehead atoms. The Morgan fingerprint density at radius 1 is 1.45 bits per heavy atom. The van der Waals surface area contributed by atoms with Crippen LogP contribution in [0.4, 0.5) is 0 Å². The van der Waals surface area contributed by atoms with Gasteiger partial charge >= 0.3 is 0 Å². The van der Waals surface area contributed by atoms with Crippen LogP contribution in [-0.2, 0) is 16.1 Å². The van der Waals surface area contributed by atoms with Crippen LogP contribution in [0, 0.1) is 5.41 Å². The molecule has 0 aliphatic heterocycles. The van der Waals surface area contributed by atoms with Crippen molar-refractivity contribution in [1.29, 1.82) is 0 Å². The molecule has 1 aromatic heterocycles. The highest BCUT2D eigenvalue weighted by Crippen LogP contribution is 2.46. The molecule has 124 valence electrons. The molecule has 1 amide bonds. The van der Waals surface area contributed by atoms with E-state index in [0.29, 0.717) is 13.0 Å². The van der Waals surface area contributed by atoms with E-state index in [1.54, 1.807) is 11.0 Å². The van der Waals surface area contributed by atoms with E-state index >= 15 is 0 Å². The average molecular weight is 308 g/mol. The van der Waals surface area contributed by atoms with Gasteiger partial charge in [-0.25, -0.2) is 4.98 Å². The second-order valence-electron chi connectivity index (χ2n) is 6.51. The molecule has 0 radical (unpaired) electrons. The number of hydrogen-bond donors (Lipinski definition) is 0. The normalized spacial score (nSPS) is 23.1. The summed E-state index contributed by atoms with van der Waals surface area (Å²) >= 11 is 0. The third kappa shape index (κ3) is 3.48. The van der Waals surface area contributed by atoms with Crippen LogP contribution in [0.25, 0.3) is 0 Å². The third-order valence-corrected chi connectivity index (χ3v) is 4.68. The van der Waals surface area contributed by atoms with Gasteiger partial charge in [0.1, 0.15) is 12.7 Å². The van der Waals surface area contributed by atoms with E-state index in [0.717, 1.165) is 26.0 Å². The highest BCUT2D eigenvalue weighted by Gasteiger charge is 2.52. The highest BCUT2D eigenvalue weighted by atomic mass is 16.5. The van der Waals surface area contributed by atoms with Gasteiger partial charge in [0.05, 0.1) is 12.6 Å². The summed E-state index contributed by atoms with van der Waals surface area (Å²) in [6.07, 6.45) is 5.78. The summed E-state index contributed by atoms with van der Waals surface area (Å²) in [5, 5.41) is 4.05. The minimum atomic E-state index is 0.0219. The zero-order chi connectivity index (χ0) is 16.2. The van der Waals surface area contributed by atoms with Gasteiger partial charge < -0.3 is 9.64 Å². The Kier molecular flexibility index (Phi) is 5.56. The van der Waals surface area contributed by atoms with Gasteiger partial charge in [-0.1, -0.05) is 20.8 Å². The van der Waals surface area contributed by atoms with Crippen molar-refractivity contribution in [2.75, 3.05) is 13.2 Å². The van der Waals surface area contributed by atoms with Crippen LogP contribution in [0.15, 0.2) is 12.7 Å². The van der Waals surface area contributed by atoms with Gasteiger partial charge in [0.15, 0.2) is 0 Å². The molecule has 6 heteroatoms. The van der Waals surface area contributed by atoms with Gasteiger partial charge in [0, 0.05) is 31.0 Å². The lowest BCUT2D eigenvalue weighted by atomic mass is 9.63. The predicted octanol–water partition coefficient (Wildman–Crippen LogP) is 2.11. The van der Waals surface area contributed by atoms with Crippen LogP contribution in [0.1, 0.15) is 47.0 Å². The average Bonchev–Trinajstić information content (AvgIpc) is 3.00. The molecule has 6 nitrogen and oxygen atoms in total. The third-order valence-electron chi connectivity index (χ3n) is 4.68. The molecule has 1 aliphatic rings. The lowest BCUT2D eigenvalue weighted by Crippen LogP contribution is -2.63. The van der Waals surface area contributed by atoms with Crippen LogP contribution in [0.2, 0.25) is 0 Å². The topological polar surface area (TPSA) is 60.2 Å². The lowest BCUT2D eigenvalue weighted by Gasteiger charge is -2.55. The minimum absolute atomic E-state index is 0.0219. The molecular formula is C16H28N4O2. The molecular weight excluding hydrogens is 280 g/mol. The molecule has 1 aromatic rings. The van der Waals surface area contributed by atoms with Crippen molar-refractivity contribution in [3.63, 3.8) is 0 Å². The quantitative estimate of drug-likeness (QED) is 0.738. The summed E-state index contributed by atoms with van der Waals surface area (Å²) in [6.45, 7) is 10.7. The summed E-state index contributed by atoms with van der Waals surface area (Å²) in [5.74, 6) is 0.199. The fourth-order valence-corrected chi connectivity index (χ4v) is 3.27. The monoisotopic (exact) mass is 308 g/mol. The second kappa shape index (κ2) is 7.22. The Morgan fingerprint density at radius 2 is 2.23 bits per heavy atom. The summed E-state index contributed by atoms with van der Waals surface area (Å²) < 4.78 is 7.50. The number of carbonyl (C=O) groups excluding carboxylic acids is 1. The van der Waals surface area contributed by atoms with Crippen LogP contribution in [-0.4, -0.2) is 50.9 Å². The summed E-state index contributed by atoms with van der Waals surface area (Å²) in [7, 11) is 0. The van der Waals surface area contributed by atoms with Crippen molar-refractivity contribution in [3.8, 4) is 0 Å². The predicted molar refractivity (Wildman–Crippen MR) is 84.2 cm³/mol. The van der Waals surface area contributed by atoms with E-state index in [2.05, 4.69) is 30.9 Å². The Morgan fingerprint density at radius 3 is 2.77 bits per heavy atom.